The van der Waals surface area contributed by atoms with Crippen molar-refractivity contribution in [1.29, 1.82) is 0 Å². The summed E-state index contributed by atoms with van der Waals surface area (Å²) in [6, 6.07) is 4.02. The van der Waals surface area contributed by atoms with E-state index >= 15 is 0 Å². The van der Waals surface area contributed by atoms with Gasteiger partial charge in [-0.3, -0.25) is 0 Å². The molecule has 0 saturated carbocycles. The van der Waals surface area contributed by atoms with Crippen LogP contribution in [0.15, 0.2) is 16.5 Å². The van der Waals surface area contributed by atoms with Crippen LogP contribution in [0.4, 0.5) is 0 Å². The lowest BCUT2D eigenvalue weighted by Gasteiger charge is -2.21. The summed E-state index contributed by atoms with van der Waals surface area (Å²) in [4.78, 5) is 10.8. The number of carbonyl (C=O) groups is 1. The van der Waals surface area contributed by atoms with Gasteiger partial charge in [0.1, 0.15) is 17.3 Å². The molecule has 0 unspecified atom stereocenters. The number of hydrogen-bond acceptors (Lipinski definition) is 2. The van der Waals surface area contributed by atoms with Crippen molar-refractivity contribution < 1.29 is 9.21 Å². The smallest absolute Gasteiger partial charge is 0.129 e. The molecule has 0 aliphatic heterocycles. The van der Waals surface area contributed by atoms with Crippen molar-refractivity contribution in [3.8, 4) is 0 Å². The number of aryl methyl sites for hydroxylation is 1. The maximum Gasteiger partial charge on any atom is 0.129 e. The van der Waals surface area contributed by atoms with Crippen molar-refractivity contribution in [2.24, 2.45) is 0 Å². The van der Waals surface area contributed by atoms with E-state index in [2.05, 4.69) is 13.8 Å². The highest BCUT2D eigenvalue weighted by Crippen LogP contribution is 2.30. The molecular formula is C13H20O2. The Balaban J connectivity index is 2.55. The molecule has 1 heterocycles. The van der Waals surface area contributed by atoms with Crippen LogP contribution in [0.1, 0.15) is 51.6 Å². The van der Waals surface area contributed by atoms with Crippen LogP contribution >= 0.6 is 0 Å². The van der Waals surface area contributed by atoms with Crippen LogP contribution in [-0.4, -0.2) is 5.78 Å². The summed E-state index contributed by atoms with van der Waals surface area (Å²) in [7, 11) is 0. The van der Waals surface area contributed by atoms with E-state index in [0.717, 1.165) is 24.4 Å². The molecule has 0 spiro atoms. The molecule has 0 aliphatic carbocycles. The Kier molecular flexibility index (Phi) is 3.72. The van der Waals surface area contributed by atoms with Gasteiger partial charge in [-0.05, 0) is 38.8 Å². The van der Waals surface area contributed by atoms with Crippen LogP contribution in [0.2, 0.25) is 0 Å². The molecule has 0 amide bonds. The highest BCUT2D eigenvalue weighted by Gasteiger charge is 2.23. The van der Waals surface area contributed by atoms with E-state index in [1.54, 1.807) is 6.92 Å². The first kappa shape index (κ1) is 12.0. The van der Waals surface area contributed by atoms with Crippen molar-refractivity contribution in [2.45, 2.75) is 52.4 Å². The first-order valence-corrected chi connectivity index (χ1v) is 5.48. The molecule has 2 nitrogen and oxygen atoms in total. The maximum absolute atomic E-state index is 10.8. The Morgan fingerprint density at radius 1 is 1.40 bits per heavy atom. The normalized spacial score (nSPS) is 11.7. The van der Waals surface area contributed by atoms with Crippen LogP contribution in [0.5, 0.6) is 0 Å². The molecule has 0 aromatic carbocycles. The Hall–Kier alpha value is -1.05. The van der Waals surface area contributed by atoms with Crippen molar-refractivity contribution in [3.05, 3.63) is 23.7 Å². The standard InChI is InChI=1S/C13H20O2/c1-10(14)6-5-9-13(3,4)12-8-7-11(2)15-12/h7-8H,5-6,9H2,1-4H3. The lowest BCUT2D eigenvalue weighted by Crippen LogP contribution is -2.16. The quantitative estimate of drug-likeness (QED) is 0.739. The molecule has 0 N–H and O–H groups in total. The second-order valence-corrected chi connectivity index (χ2v) is 4.85. The van der Waals surface area contributed by atoms with E-state index < -0.39 is 0 Å². The van der Waals surface area contributed by atoms with Gasteiger partial charge in [0.25, 0.3) is 0 Å². The average Bonchev–Trinajstić information content (AvgIpc) is 2.51. The summed E-state index contributed by atoms with van der Waals surface area (Å²) in [6.07, 6.45) is 2.59. The molecule has 0 atom stereocenters. The number of Topliss-reactive ketones (excluding diaryl/α,β-unsaturated/α-hetero) is 1. The average molecular weight is 208 g/mol. The van der Waals surface area contributed by atoms with Gasteiger partial charge < -0.3 is 9.21 Å². The number of hydrogen-bond donors (Lipinski definition) is 0. The van der Waals surface area contributed by atoms with E-state index in [0.29, 0.717) is 6.42 Å². The van der Waals surface area contributed by atoms with Gasteiger partial charge >= 0.3 is 0 Å². The summed E-state index contributed by atoms with van der Waals surface area (Å²) in [6.45, 7) is 7.91. The lowest BCUT2D eigenvalue weighted by atomic mass is 9.84. The van der Waals surface area contributed by atoms with Crippen molar-refractivity contribution in [1.82, 2.24) is 0 Å². The molecule has 15 heavy (non-hydrogen) atoms. The van der Waals surface area contributed by atoms with Gasteiger partial charge in [-0.2, -0.15) is 0 Å². The molecule has 1 aromatic rings. The lowest BCUT2D eigenvalue weighted by molar-refractivity contribution is -0.117. The monoisotopic (exact) mass is 208 g/mol. The van der Waals surface area contributed by atoms with E-state index in [4.69, 9.17) is 4.42 Å². The third-order valence-corrected chi connectivity index (χ3v) is 2.74. The zero-order chi connectivity index (χ0) is 11.5. The molecule has 0 aliphatic rings. The van der Waals surface area contributed by atoms with Gasteiger partial charge in [0.15, 0.2) is 0 Å². The van der Waals surface area contributed by atoms with Crippen LogP contribution in [0.3, 0.4) is 0 Å². The van der Waals surface area contributed by atoms with Crippen molar-refractivity contribution in [3.63, 3.8) is 0 Å². The maximum atomic E-state index is 10.8. The summed E-state index contributed by atoms with van der Waals surface area (Å²) in [5, 5.41) is 0. The van der Waals surface area contributed by atoms with Crippen LogP contribution in [0, 0.1) is 6.92 Å². The third kappa shape index (κ3) is 3.54. The van der Waals surface area contributed by atoms with Crippen molar-refractivity contribution >= 4 is 5.78 Å². The second kappa shape index (κ2) is 4.65. The molecule has 84 valence electrons. The molecule has 0 saturated heterocycles. The fourth-order valence-electron chi connectivity index (χ4n) is 1.70. The first-order valence-electron chi connectivity index (χ1n) is 5.48. The summed E-state index contributed by atoms with van der Waals surface area (Å²) < 4.78 is 5.62. The van der Waals surface area contributed by atoms with Crippen LogP contribution in [0.25, 0.3) is 0 Å². The minimum Gasteiger partial charge on any atom is -0.466 e. The molecule has 0 fully saturated rings. The summed E-state index contributed by atoms with van der Waals surface area (Å²) in [5.74, 6) is 2.23. The predicted octanol–water partition coefficient (Wildman–Crippen LogP) is 3.62. The van der Waals surface area contributed by atoms with Gasteiger partial charge in [0.2, 0.25) is 0 Å². The molecule has 1 rings (SSSR count). The molecule has 0 bridgehead atoms. The Bertz CT molecular complexity index is 334. The van der Waals surface area contributed by atoms with E-state index in [1.165, 1.54) is 0 Å². The largest absolute Gasteiger partial charge is 0.466 e. The third-order valence-electron chi connectivity index (χ3n) is 2.74. The minimum absolute atomic E-state index is 0.0315. The fourth-order valence-corrected chi connectivity index (χ4v) is 1.70. The SMILES string of the molecule is CC(=O)CCCC(C)(C)c1ccc(C)o1. The predicted molar refractivity (Wildman–Crippen MR) is 61.0 cm³/mol. The van der Waals surface area contributed by atoms with E-state index in [9.17, 15) is 4.79 Å². The molecular weight excluding hydrogens is 188 g/mol. The Labute approximate surface area is 91.7 Å². The van der Waals surface area contributed by atoms with Crippen molar-refractivity contribution in [2.75, 3.05) is 0 Å². The number of furan rings is 1. The van der Waals surface area contributed by atoms with E-state index in [1.807, 2.05) is 19.1 Å². The molecule has 1 aromatic heterocycles. The fraction of sp³-hybridized carbons (Fsp3) is 0.615. The summed E-state index contributed by atoms with van der Waals surface area (Å²) in [5.41, 5.74) is 0.0315. The van der Waals surface area contributed by atoms with Crippen LogP contribution in [-0.2, 0) is 10.2 Å². The Morgan fingerprint density at radius 3 is 2.53 bits per heavy atom. The highest BCUT2D eigenvalue weighted by atomic mass is 16.3. The second-order valence-electron chi connectivity index (χ2n) is 4.85. The van der Waals surface area contributed by atoms with Gasteiger partial charge in [-0.15, -0.1) is 0 Å². The van der Waals surface area contributed by atoms with Gasteiger partial charge in [-0.25, -0.2) is 0 Å². The molecule has 0 radical (unpaired) electrons. The number of carbonyl (C=O) groups excluding carboxylic acids is 1. The zero-order valence-corrected chi connectivity index (χ0v) is 10.1. The first-order chi connectivity index (χ1) is 6.92. The Morgan fingerprint density at radius 2 is 2.07 bits per heavy atom. The highest BCUT2D eigenvalue weighted by molar-refractivity contribution is 5.75. The number of rotatable bonds is 5. The molecule has 2 heteroatoms. The van der Waals surface area contributed by atoms with Gasteiger partial charge in [0.05, 0.1) is 0 Å². The van der Waals surface area contributed by atoms with Crippen LogP contribution < -0.4 is 0 Å². The van der Waals surface area contributed by atoms with Gasteiger partial charge in [-0.1, -0.05) is 13.8 Å². The summed E-state index contributed by atoms with van der Waals surface area (Å²) >= 11 is 0. The zero-order valence-electron chi connectivity index (χ0n) is 10.1. The van der Waals surface area contributed by atoms with E-state index in [-0.39, 0.29) is 11.2 Å². The number of ketones is 1. The topological polar surface area (TPSA) is 30.2 Å². The van der Waals surface area contributed by atoms with Gasteiger partial charge in [0, 0.05) is 11.8 Å². The minimum atomic E-state index is 0.0315.